The normalized spacial score (nSPS) is 21.6. The van der Waals surface area contributed by atoms with Gasteiger partial charge in [-0.25, -0.2) is 0 Å². The molecule has 1 aromatic heterocycles. The summed E-state index contributed by atoms with van der Waals surface area (Å²) in [4.78, 5) is 24.5. The Morgan fingerprint density at radius 1 is 1.38 bits per heavy atom. The minimum Gasteiger partial charge on any atom is -0.347 e. The van der Waals surface area contributed by atoms with E-state index in [1.165, 1.54) is 6.20 Å². The number of nitrogens with one attached hydrogen (secondary N) is 1. The van der Waals surface area contributed by atoms with E-state index in [0.29, 0.717) is 12.1 Å². The standard InChI is InChI=1S/C15H21F3N4O2/c1-3-6-21-8-11(7-19-21)14(24)20-12-4-5-13(15(16,17)18)22(9-12)10(2)23/h7-8,12-13H,3-6,9H2,1-2H3,(H,20,24). The number of carbonyl (C=O) groups is 2. The molecular weight excluding hydrogens is 325 g/mol. The van der Waals surface area contributed by atoms with Crippen LogP contribution < -0.4 is 5.32 Å². The number of halogens is 3. The highest BCUT2D eigenvalue weighted by atomic mass is 19.4. The summed E-state index contributed by atoms with van der Waals surface area (Å²) in [6.45, 7) is 3.63. The number of nitrogens with zero attached hydrogens (tertiary/aromatic N) is 3. The first-order chi connectivity index (χ1) is 11.2. The van der Waals surface area contributed by atoms with Gasteiger partial charge in [0.15, 0.2) is 0 Å². The molecule has 6 nitrogen and oxygen atoms in total. The van der Waals surface area contributed by atoms with Crippen LogP contribution in [0.3, 0.4) is 0 Å². The van der Waals surface area contributed by atoms with E-state index in [1.807, 2.05) is 6.92 Å². The predicted molar refractivity (Wildman–Crippen MR) is 80.2 cm³/mol. The van der Waals surface area contributed by atoms with Crippen LogP contribution in [0, 0.1) is 0 Å². The molecule has 1 aliphatic heterocycles. The van der Waals surface area contributed by atoms with Gasteiger partial charge in [-0.15, -0.1) is 0 Å². The lowest BCUT2D eigenvalue weighted by Crippen LogP contribution is -2.57. The monoisotopic (exact) mass is 346 g/mol. The number of piperidine rings is 1. The first-order valence-electron chi connectivity index (χ1n) is 7.89. The second kappa shape index (κ2) is 7.23. The molecule has 2 amide bonds. The molecule has 2 unspecified atom stereocenters. The quantitative estimate of drug-likeness (QED) is 0.906. The van der Waals surface area contributed by atoms with Crippen LogP contribution in [-0.2, 0) is 11.3 Å². The van der Waals surface area contributed by atoms with Gasteiger partial charge >= 0.3 is 6.18 Å². The maximum absolute atomic E-state index is 13.0. The molecule has 24 heavy (non-hydrogen) atoms. The van der Waals surface area contributed by atoms with Gasteiger partial charge in [0.1, 0.15) is 6.04 Å². The highest BCUT2D eigenvalue weighted by molar-refractivity contribution is 5.93. The number of carbonyl (C=O) groups excluding carboxylic acids is 2. The summed E-state index contributed by atoms with van der Waals surface area (Å²) >= 11 is 0. The summed E-state index contributed by atoms with van der Waals surface area (Å²) in [6.07, 6.45) is -0.608. The molecule has 1 aliphatic rings. The van der Waals surface area contributed by atoms with Crippen LogP contribution in [0.25, 0.3) is 0 Å². The Morgan fingerprint density at radius 2 is 2.08 bits per heavy atom. The number of rotatable bonds is 4. The number of hydrogen-bond acceptors (Lipinski definition) is 3. The van der Waals surface area contributed by atoms with Crippen molar-refractivity contribution in [1.82, 2.24) is 20.0 Å². The lowest BCUT2D eigenvalue weighted by molar-refractivity contribution is -0.196. The lowest BCUT2D eigenvalue weighted by atomic mass is 9.97. The summed E-state index contributed by atoms with van der Waals surface area (Å²) in [6, 6.07) is -2.29. The van der Waals surface area contributed by atoms with Crippen molar-refractivity contribution in [2.45, 2.75) is 57.9 Å². The summed E-state index contributed by atoms with van der Waals surface area (Å²) < 4.78 is 40.6. The third kappa shape index (κ3) is 4.27. The van der Waals surface area contributed by atoms with E-state index in [0.717, 1.165) is 18.2 Å². The molecule has 2 heterocycles. The van der Waals surface area contributed by atoms with Crippen LogP contribution in [0.4, 0.5) is 13.2 Å². The van der Waals surface area contributed by atoms with Gasteiger partial charge in [0.25, 0.3) is 5.91 Å². The zero-order chi connectivity index (χ0) is 17.9. The Labute approximate surface area is 138 Å². The van der Waals surface area contributed by atoms with Crippen molar-refractivity contribution >= 4 is 11.8 Å². The van der Waals surface area contributed by atoms with Crippen molar-refractivity contribution in [3.05, 3.63) is 18.0 Å². The van der Waals surface area contributed by atoms with Gasteiger partial charge < -0.3 is 10.2 Å². The Hall–Kier alpha value is -2.06. The molecular formula is C15H21F3N4O2. The van der Waals surface area contributed by atoms with Crippen LogP contribution >= 0.6 is 0 Å². The molecule has 1 N–H and O–H groups in total. The maximum atomic E-state index is 13.0. The molecule has 0 radical (unpaired) electrons. The molecule has 0 saturated carbocycles. The minimum atomic E-state index is -4.46. The molecule has 0 aromatic carbocycles. The Balaban J connectivity index is 2.00. The van der Waals surface area contributed by atoms with Crippen molar-refractivity contribution in [3.63, 3.8) is 0 Å². The van der Waals surface area contributed by atoms with E-state index in [-0.39, 0.29) is 19.4 Å². The third-order valence-electron chi connectivity index (χ3n) is 4.05. The Kier molecular flexibility index (Phi) is 5.51. The molecule has 2 atom stereocenters. The lowest BCUT2D eigenvalue weighted by Gasteiger charge is -2.40. The van der Waals surface area contributed by atoms with Crippen LogP contribution in [0.1, 0.15) is 43.5 Å². The van der Waals surface area contributed by atoms with E-state index in [9.17, 15) is 22.8 Å². The van der Waals surface area contributed by atoms with E-state index >= 15 is 0 Å². The molecule has 2 rings (SSSR count). The first-order valence-corrected chi connectivity index (χ1v) is 7.89. The predicted octanol–water partition coefficient (Wildman–Crippen LogP) is 1.96. The smallest absolute Gasteiger partial charge is 0.347 e. The molecule has 1 aromatic rings. The highest BCUT2D eigenvalue weighted by Crippen LogP contribution is 2.32. The van der Waals surface area contributed by atoms with Crippen molar-refractivity contribution < 1.29 is 22.8 Å². The molecule has 134 valence electrons. The first kappa shape index (κ1) is 18.3. The molecule has 0 spiro atoms. The SMILES string of the molecule is CCCn1cc(C(=O)NC2CCC(C(F)(F)F)N(C(C)=O)C2)cn1. The van der Waals surface area contributed by atoms with Crippen molar-refractivity contribution in [2.75, 3.05) is 6.54 Å². The largest absolute Gasteiger partial charge is 0.408 e. The molecule has 1 fully saturated rings. The fourth-order valence-electron chi connectivity index (χ4n) is 2.88. The summed E-state index contributed by atoms with van der Waals surface area (Å²) in [7, 11) is 0. The fraction of sp³-hybridized carbons (Fsp3) is 0.667. The number of likely N-dealkylation sites (tertiary alicyclic amines) is 1. The molecule has 9 heteroatoms. The second-order valence-corrected chi connectivity index (χ2v) is 5.97. The summed E-state index contributed by atoms with van der Waals surface area (Å²) in [5, 5.41) is 6.74. The van der Waals surface area contributed by atoms with E-state index in [2.05, 4.69) is 10.4 Å². The zero-order valence-electron chi connectivity index (χ0n) is 13.6. The van der Waals surface area contributed by atoms with Gasteiger partial charge in [-0.3, -0.25) is 14.3 Å². The van der Waals surface area contributed by atoms with Gasteiger partial charge in [0, 0.05) is 32.3 Å². The second-order valence-electron chi connectivity index (χ2n) is 5.97. The third-order valence-corrected chi connectivity index (χ3v) is 4.05. The summed E-state index contributed by atoms with van der Waals surface area (Å²) in [5.41, 5.74) is 0.357. The van der Waals surface area contributed by atoms with Gasteiger partial charge in [-0.2, -0.15) is 18.3 Å². The van der Waals surface area contributed by atoms with Gasteiger partial charge in [0.2, 0.25) is 5.91 Å². The maximum Gasteiger partial charge on any atom is 0.408 e. The van der Waals surface area contributed by atoms with Crippen molar-refractivity contribution in [2.24, 2.45) is 0 Å². The number of hydrogen-bond donors (Lipinski definition) is 1. The van der Waals surface area contributed by atoms with Gasteiger partial charge in [-0.05, 0) is 19.3 Å². The topological polar surface area (TPSA) is 67.2 Å². The number of amides is 2. The number of aromatic nitrogens is 2. The fourth-order valence-corrected chi connectivity index (χ4v) is 2.88. The Morgan fingerprint density at radius 3 is 2.67 bits per heavy atom. The highest BCUT2D eigenvalue weighted by Gasteiger charge is 2.47. The van der Waals surface area contributed by atoms with E-state index < -0.39 is 30.1 Å². The summed E-state index contributed by atoms with van der Waals surface area (Å²) in [5.74, 6) is -1.04. The zero-order valence-corrected chi connectivity index (χ0v) is 13.6. The number of alkyl halides is 3. The van der Waals surface area contributed by atoms with Gasteiger partial charge in [0.05, 0.1) is 11.8 Å². The minimum absolute atomic E-state index is 0.144. The van der Waals surface area contributed by atoms with Crippen LogP contribution in [0.2, 0.25) is 0 Å². The molecule has 0 bridgehead atoms. The van der Waals surface area contributed by atoms with Crippen molar-refractivity contribution in [3.8, 4) is 0 Å². The number of aryl methyl sites for hydroxylation is 1. The Bertz CT molecular complexity index is 600. The average molecular weight is 346 g/mol. The van der Waals surface area contributed by atoms with Gasteiger partial charge in [-0.1, -0.05) is 6.92 Å². The molecule has 0 aliphatic carbocycles. The van der Waals surface area contributed by atoms with Crippen LogP contribution in [0.15, 0.2) is 12.4 Å². The van der Waals surface area contributed by atoms with Crippen molar-refractivity contribution in [1.29, 1.82) is 0 Å². The van der Waals surface area contributed by atoms with E-state index in [1.54, 1.807) is 10.9 Å². The van der Waals surface area contributed by atoms with E-state index in [4.69, 9.17) is 0 Å². The average Bonchev–Trinajstić information content (AvgIpc) is 2.95. The van der Waals surface area contributed by atoms with Crippen LogP contribution in [-0.4, -0.2) is 51.3 Å². The van der Waals surface area contributed by atoms with Crippen LogP contribution in [0.5, 0.6) is 0 Å². The molecule has 1 saturated heterocycles.